The van der Waals surface area contributed by atoms with E-state index in [2.05, 4.69) is 5.32 Å². The second-order valence-electron chi connectivity index (χ2n) is 6.83. The smallest absolute Gasteiger partial charge is 0.261 e. The molecule has 2 aliphatic heterocycles. The molecule has 2 heterocycles. The Morgan fingerprint density at radius 1 is 1.11 bits per heavy atom. The van der Waals surface area contributed by atoms with E-state index in [1.54, 1.807) is 30.3 Å². The Morgan fingerprint density at radius 2 is 1.82 bits per heavy atom. The van der Waals surface area contributed by atoms with Crippen LogP contribution in [0, 0.1) is 5.82 Å². The van der Waals surface area contributed by atoms with Crippen LogP contribution in [-0.4, -0.2) is 34.9 Å². The van der Waals surface area contributed by atoms with Crippen molar-refractivity contribution in [3.63, 3.8) is 0 Å². The van der Waals surface area contributed by atoms with E-state index in [0.717, 1.165) is 17.7 Å². The lowest BCUT2D eigenvalue weighted by Crippen LogP contribution is -2.33. The molecule has 28 heavy (non-hydrogen) atoms. The summed E-state index contributed by atoms with van der Waals surface area (Å²) in [5.41, 5.74) is 1.63. The van der Waals surface area contributed by atoms with Crippen LogP contribution in [0.2, 0.25) is 0 Å². The number of hydrogen-bond acceptors (Lipinski definition) is 4. The maximum Gasteiger partial charge on any atom is 0.261 e. The summed E-state index contributed by atoms with van der Waals surface area (Å²) in [5, 5.41) is 2.96. The highest BCUT2D eigenvalue weighted by Gasteiger charge is 2.34. The summed E-state index contributed by atoms with van der Waals surface area (Å²) >= 11 is 1.47. The number of rotatable bonds is 5. The van der Waals surface area contributed by atoms with Crippen LogP contribution in [-0.2, 0) is 4.79 Å². The van der Waals surface area contributed by atoms with Crippen LogP contribution in [0.3, 0.4) is 0 Å². The van der Waals surface area contributed by atoms with Crippen LogP contribution in [0.25, 0.3) is 0 Å². The van der Waals surface area contributed by atoms with Gasteiger partial charge in [-0.25, -0.2) is 4.39 Å². The van der Waals surface area contributed by atoms with Crippen molar-refractivity contribution >= 4 is 29.5 Å². The fourth-order valence-electron chi connectivity index (χ4n) is 3.64. The molecular weight excluding hydrogens is 379 g/mol. The molecule has 0 spiro atoms. The molecule has 1 N–H and O–H groups in total. The van der Waals surface area contributed by atoms with Gasteiger partial charge in [0.25, 0.3) is 11.8 Å². The largest absolute Gasteiger partial charge is 0.349 e. The molecule has 2 aromatic carbocycles. The molecule has 4 rings (SSSR count). The van der Waals surface area contributed by atoms with Crippen molar-refractivity contribution in [1.82, 2.24) is 10.2 Å². The fraction of sp³-hybridized carbons (Fsp3) is 0.286. The van der Waals surface area contributed by atoms with Gasteiger partial charge in [0.1, 0.15) is 5.82 Å². The molecule has 0 bridgehead atoms. The molecule has 0 unspecified atom stereocenters. The lowest BCUT2D eigenvalue weighted by atomic mass is 10.0. The predicted molar refractivity (Wildman–Crippen MR) is 104 cm³/mol. The van der Waals surface area contributed by atoms with Gasteiger partial charge in [-0.2, -0.15) is 0 Å². The molecule has 144 valence electrons. The molecule has 2 aliphatic rings. The molecular formula is C21H19FN2O3S. The Bertz CT molecular complexity index is 927. The summed E-state index contributed by atoms with van der Waals surface area (Å²) in [5.74, 6) is -0.297. The van der Waals surface area contributed by atoms with Crippen LogP contribution >= 0.6 is 11.8 Å². The molecule has 0 saturated carbocycles. The predicted octanol–water partition coefficient (Wildman–Crippen LogP) is 3.56. The summed E-state index contributed by atoms with van der Waals surface area (Å²) in [6.07, 6.45) is 1.32. The summed E-state index contributed by atoms with van der Waals surface area (Å²) in [6, 6.07) is 11.4. The second kappa shape index (κ2) is 7.75. The fourth-order valence-corrected chi connectivity index (χ4v) is 4.78. The normalized spacial score (nSPS) is 18.0. The maximum absolute atomic E-state index is 13.9. The number of imide groups is 1. The highest BCUT2D eigenvalue weighted by Crippen LogP contribution is 2.37. The van der Waals surface area contributed by atoms with Crippen molar-refractivity contribution in [2.75, 3.05) is 12.3 Å². The Morgan fingerprint density at radius 3 is 2.54 bits per heavy atom. The van der Waals surface area contributed by atoms with Gasteiger partial charge in [-0.15, -0.1) is 11.8 Å². The molecule has 1 atom stereocenters. The molecule has 0 fully saturated rings. The monoisotopic (exact) mass is 398 g/mol. The molecule has 7 heteroatoms. The van der Waals surface area contributed by atoms with Crippen LogP contribution in [0.5, 0.6) is 0 Å². The van der Waals surface area contributed by atoms with Gasteiger partial charge in [-0.3, -0.25) is 19.3 Å². The summed E-state index contributed by atoms with van der Waals surface area (Å²) < 4.78 is 13.9. The molecule has 0 aromatic heterocycles. The first-order valence-corrected chi connectivity index (χ1v) is 10.2. The summed E-state index contributed by atoms with van der Waals surface area (Å²) in [6.45, 7) is 0.200. The van der Waals surface area contributed by atoms with E-state index < -0.39 is 0 Å². The third-order valence-corrected chi connectivity index (χ3v) is 6.18. The van der Waals surface area contributed by atoms with Gasteiger partial charge >= 0.3 is 0 Å². The number of carbonyl (C=O) groups excluding carboxylic acids is 3. The topological polar surface area (TPSA) is 66.5 Å². The summed E-state index contributed by atoms with van der Waals surface area (Å²) in [4.78, 5) is 38.8. The average molecular weight is 398 g/mol. The van der Waals surface area contributed by atoms with Crippen molar-refractivity contribution in [3.8, 4) is 0 Å². The highest BCUT2D eigenvalue weighted by molar-refractivity contribution is 7.99. The van der Waals surface area contributed by atoms with E-state index in [0.29, 0.717) is 22.4 Å². The van der Waals surface area contributed by atoms with Crippen LogP contribution in [0.1, 0.15) is 51.6 Å². The van der Waals surface area contributed by atoms with Crippen molar-refractivity contribution < 1.29 is 18.8 Å². The quantitative estimate of drug-likeness (QED) is 0.782. The van der Waals surface area contributed by atoms with E-state index >= 15 is 0 Å². The first-order chi connectivity index (χ1) is 13.6. The molecule has 0 saturated heterocycles. The van der Waals surface area contributed by atoms with Crippen LogP contribution < -0.4 is 5.32 Å². The molecule has 5 nitrogen and oxygen atoms in total. The third kappa shape index (κ3) is 3.42. The van der Waals surface area contributed by atoms with E-state index in [1.807, 2.05) is 6.07 Å². The lowest BCUT2D eigenvalue weighted by molar-refractivity contribution is -0.122. The summed E-state index contributed by atoms with van der Waals surface area (Å²) in [7, 11) is 0. The minimum Gasteiger partial charge on any atom is -0.349 e. The number of fused-ring (bicyclic) bond motifs is 2. The van der Waals surface area contributed by atoms with E-state index in [-0.39, 0.29) is 42.5 Å². The van der Waals surface area contributed by atoms with Gasteiger partial charge in [0.2, 0.25) is 5.91 Å². The van der Waals surface area contributed by atoms with Crippen molar-refractivity contribution in [2.24, 2.45) is 0 Å². The number of carbonyl (C=O) groups is 3. The Balaban J connectivity index is 1.33. The van der Waals surface area contributed by atoms with E-state index in [4.69, 9.17) is 0 Å². The molecule has 0 aliphatic carbocycles. The van der Waals surface area contributed by atoms with E-state index in [9.17, 15) is 18.8 Å². The Hall–Kier alpha value is -2.67. The first-order valence-electron chi connectivity index (χ1n) is 9.22. The SMILES string of the molecule is O=C(CCCN1C(=O)c2ccccc2C1=O)N[C@@H]1CCSc2c(F)cccc21. The number of nitrogens with one attached hydrogen (secondary N) is 1. The number of hydrogen-bond donors (Lipinski definition) is 1. The van der Waals surface area contributed by atoms with Gasteiger partial charge in [0.05, 0.1) is 17.2 Å². The zero-order valence-electron chi connectivity index (χ0n) is 15.1. The zero-order valence-corrected chi connectivity index (χ0v) is 15.9. The Labute approximate surface area is 166 Å². The van der Waals surface area contributed by atoms with Crippen LogP contribution in [0.15, 0.2) is 47.4 Å². The first kappa shape index (κ1) is 18.7. The molecule has 2 aromatic rings. The Kier molecular flexibility index (Phi) is 5.17. The zero-order chi connectivity index (χ0) is 19.7. The van der Waals surface area contributed by atoms with E-state index in [1.165, 1.54) is 22.7 Å². The van der Waals surface area contributed by atoms with Gasteiger partial charge in [0, 0.05) is 23.6 Å². The lowest BCUT2D eigenvalue weighted by Gasteiger charge is -2.26. The van der Waals surface area contributed by atoms with Gasteiger partial charge in [-0.05, 0) is 36.6 Å². The average Bonchev–Trinajstić information content (AvgIpc) is 2.94. The van der Waals surface area contributed by atoms with Crippen molar-refractivity contribution in [1.29, 1.82) is 0 Å². The number of amides is 3. The van der Waals surface area contributed by atoms with Gasteiger partial charge in [-0.1, -0.05) is 24.3 Å². The third-order valence-electron chi connectivity index (χ3n) is 5.02. The highest BCUT2D eigenvalue weighted by atomic mass is 32.2. The minimum atomic E-state index is -0.310. The number of benzene rings is 2. The number of halogens is 1. The maximum atomic E-state index is 13.9. The van der Waals surface area contributed by atoms with Gasteiger partial charge < -0.3 is 5.32 Å². The number of nitrogens with zero attached hydrogens (tertiary/aromatic N) is 1. The van der Waals surface area contributed by atoms with Crippen molar-refractivity contribution in [2.45, 2.75) is 30.2 Å². The molecule has 0 radical (unpaired) electrons. The van der Waals surface area contributed by atoms with Gasteiger partial charge in [0.15, 0.2) is 0 Å². The second-order valence-corrected chi connectivity index (χ2v) is 7.93. The molecule has 3 amide bonds. The number of thioether (sulfide) groups is 1. The minimum absolute atomic E-state index is 0.163. The van der Waals surface area contributed by atoms with Crippen LogP contribution in [0.4, 0.5) is 4.39 Å². The van der Waals surface area contributed by atoms with Crippen molar-refractivity contribution in [3.05, 3.63) is 65.0 Å². The standard InChI is InChI=1S/C21H19FN2O3S/c22-16-8-3-7-15-17(10-12-28-19(15)16)23-18(25)9-4-11-24-20(26)13-5-1-2-6-14(13)21(24)27/h1-3,5-8,17H,4,9-12H2,(H,23,25)/t17-/m1/s1.